The van der Waals surface area contributed by atoms with Gasteiger partial charge in [-0.25, -0.2) is 0 Å². The van der Waals surface area contributed by atoms with E-state index in [-0.39, 0.29) is 17.4 Å². The Morgan fingerprint density at radius 1 is 0.789 bits per heavy atom. The number of aromatic hydroxyl groups is 2. The summed E-state index contributed by atoms with van der Waals surface area (Å²) >= 11 is 0. The Bertz CT molecular complexity index is 708. The quantitative estimate of drug-likeness (QED) is 0.687. The summed E-state index contributed by atoms with van der Waals surface area (Å²) in [5.41, 5.74) is 1.09. The molecule has 0 atom stereocenters. The van der Waals surface area contributed by atoms with E-state index in [1.165, 1.54) is 6.07 Å². The number of para-hydroxylation sites is 1. The first-order valence-electron chi connectivity index (χ1n) is 5.66. The molecule has 3 aromatic rings. The zero-order chi connectivity index (χ0) is 13.2. The smallest absolute Gasteiger partial charge is 0.252 e. The van der Waals surface area contributed by atoms with Crippen LogP contribution in [-0.2, 0) is 0 Å². The van der Waals surface area contributed by atoms with Crippen molar-refractivity contribution < 1.29 is 14.6 Å². The van der Waals surface area contributed by atoms with Gasteiger partial charge in [-0.05, 0) is 24.3 Å². The Labute approximate surface area is 108 Å². The van der Waals surface area contributed by atoms with Crippen LogP contribution in [0.25, 0.3) is 22.9 Å². The van der Waals surface area contributed by atoms with Crippen molar-refractivity contribution >= 4 is 0 Å². The van der Waals surface area contributed by atoms with Gasteiger partial charge in [-0.2, -0.15) is 0 Å². The Morgan fingerprint density at radius 3 is 2.32 bits per heavy atom. The average molecular weight is 254 g/mol. The minimum Gasteiger partial charge on any atom is -0.504 e. The van der Waals surface area contributed by atoms with Crippen molar-refractivity contribution in [3.05, 3.63) is 48.5 Å². The molecule has 0 aliphatic rings. The Morgan fingerprint density at radius 2 is 1.53 bits per heavy atom. The minimum atomic E-state index is -0.272. The van der Waals surface area contributed by atoms with E-state index in [1.54, 1.807) is 12.1 Å². The van der Waals surface area contributed by atoms with Crippen LogP contribution in [0.15, 0.2) is 52.9 Å². The summed E-state index contributed by atoms with van der Waals surface area (Å²) in [5.74, 6) is 0.0216. The number of phenols is 2. The predicted molar refractivity (Wildman–Crippen MR) is 68.5 cm³/mol. The van der Waals surface area contributed by atoms with Gasteiger partial charge in [-0.3, -0.25) is 0 Å². The first-order valence-corrected chi connectivity index (χ1v) is 5.66. The number of hydrogen-bond donors (Lipinski definition) is 2. The molecular weight excluding hydrogens is 244 g/mol. The van der Waals surface area contributed by atoms with E-state index < -0.39 is 0 Å². The van der Waals surface area contributed by atoms with Gasteiger partial charge in [0.25, 0.3) is 5.89 Å². The lowest BCUT2D eigenvalue weighted by atomic mass is 10.2. The van der Waals surface area contributed by atoms with Gasteiger partial charge in [-0.1, -0.05) is 24.3 Å². The third kappa shape index (κ3) is 2.01. The molecule has 5 heteroatoms. The normalized spacial score (nSPS) is 10.5. The highest BCUT2D eigenvalue weighted by Crippen LogP contribution is 2.36. The highest BCUT2D eigenvalue weighted by molar-refractivity contribution is 5.67. The lowest BCUT2D eigenvalue weighted by Crippen LogP contribution is -1.79. The fourth-order valence-electron chi connectivity index (χ4n) is 1.73. The summed E-state index contributed by atoms with van der Waals surface area (Å²) in [6, 6.07) is 13.9. The second-order valence-corrected chi connectivity index (χ2v) is 3.95. The summed E-state index contributed by atoms with van der Waals surface area (Å²) in [6.45, 7) is 0. The largest absolute Gasteiger partial charge is 0.504 e. The van der Waals surface area contributed by atoms with E-state index in [9.17, 15) is 10.2 Å². The first kappa shape index (κ1) is 11.3. The van der Waals surface area contributed by atoms with Crippen LogP contribution < -0.4 is 0 Å². The zero-order valence-electron chi connectivity index (χ0n) is 9.82. The SMILES string of the molecule is Oc1cccc(-c2nnc(-c3ccccc3)o2)c1O. The molecule has 5 nitrogen and oxygen atoms in total. The van der Waals surface area contributed by atoms with Gasteiger partial charge < -0.3 is 14.6 Å². The molecular formula is C14H10N2O3. The molecule has 94 valence electrons. The molecule has 0 radical (unpaired) electrons. The molecule has 0 unspecified atom stereocenters. The van der Waals surface area contributed by atoms with Gasteiger partial charge in [0.05, 0.1) is 5.56 Å². The summed E-state index contributed by atoms with van der Waals surface area (Å²) in [6.07, 6.45) is 0. The highest BCUT2D eigenvalue weighted by atomic mass is 16.4. The summed E-state index contributed by atoms with van der Waals surface area (Å²) in [5, 5.41) is 27.0. The molecule has 0 amide bonds. The molecule has 0 bridgehead atoms. The van der Waals surface area contributed by atoms with Crippen molar-refractivity contribution in [2.75, 3.05) is 0 Å². The number of aromatic nitrogens is 2. The lowest BCUT2D eigenvalue weighted by Gasteiger charge is -2.00. The van der Waals surface area contributed by atoms with Gasteiger partial charge in [0.1, 0.15) is 0 Å². The van der Waals surface area contributed by atoms with Crippen LogP contribution in [0.1, 0.15) is 0 Å². The van der Waals surface area contributed by atoms with E-state index in [0.717, 1.165) is 5.56 Å². The molecule has 0 saturated carbocycles. The molecule has 3 rings (SSSR count). The fraction of sp³-hybridized carbons (Fsp3) is 0. The maximum Gasteiger partial charge on any atom is 0.252 e. The predicted octanol–water partition coefficient (Wildman–Crippen LogP) is 2.81. The van der Waals surface area contributed by atoms with Gasteiger partial charge >= 0.3 is 0 Å². The molecule has 0 spiro atoms. The van der Waals surface area contributed by atoms with Crippen molar-refractivity contribution in [3.8, 4) is 34.4 Å². The van der Waals surface area contributed by atoms with E-state index in [0.29, 0.717) is 11.5 Å². The van der Waals surface area contributed by atoms with Crippen molar-refractivity contribution in [1.82, 2.24) is 10.2 Å². The molecule has 19 heavy (non-hydrogen) atoms. The molecule has 0 aliphatic carbocycles. The number of hydrogen-bond acceptors (Lipinski definition) is 5. The number of rotatable bonds is 2. The van der Waals surface area contributed by atoms with Crippen molar-refractivity contribution in [1.29, 1.82) is 0 Å². The molecule has 0 aliphatic heterocycles. The molecule has 2 N–H and O–H groups in total. The summed E-state index contributed by atoms with van der Waals surface area (Å²) in [4.78, 5) is 0. The Balaban J connectivity index is 2.05. The van der Waals surface area contributed by atoms with E-state index in [1.807, 2.05) is 30.3 Å². The topological polar surface area (TPSA) is 79.4 Å². The van der Waals surface area contributed by atoms with Crippen LogP contribution in [0.2, 0.25) is 0 Å². The number of nitrogens with zero attached hydrogens (tertiary/aromatic N) is 2. The summed E-state index contributed by atoms with van der Waals surface area (Å²) in [7, 11) is 0. The van der Waals surface area contributed by atoms with Gasteiger partial charge in [-0.15, -0.1) is 10.2 Å². The van der Waals surface area contributed by atoms with E-state index in [4.69, 9.17) is 4.42 Å². The first-order chi connectivity index (χ1) is 9.25. The molecule has 0 saturated heterocycles. The molecule has 1 aromatic heterocycles. The average Bonchev–Trinajstić information content (AvgIpc) is 2.92. The third-order valence-corrected chi connectivity index (χ3v) is 2.69. The van der Waals surface area contributed by atoms with Gasteiger partial charge in [0.2, 0.25) is 5.89 Å². The van der Waals surface area contributed by atoms with Crippen molar-refractivity contribution in [2.45, 2.75) is 0 Å². The lowest BCUT2D eigenvalue weighted by molar-refractivity contribution is 0.403. The van der Waals surface area contributed by atoms with Gasteiger partial charge in [0.15, 0.2) is 11.5 Å². The van der Waals surface area contributed by atoms with Crippen LogP contribution >= 0.6 is 0 Å². The standard InChI is InChI=1S/C14H10N2O3/c17-11-8-4-7-10(12(11)18)14-16-15-13(19-14)9-5-2-1-3-6-9/h1-8,17-18H. The zero-order valence-corrected chi connectivity index (χ0v) is 9.82. The minimum absolute atomic E-state index is 0.159. The molecule has 2 aromatic carbocycles. The maximum atomic E-state index is 9.75. The van der Waals surface area contributed by atoms with Crippen LogP contribution in [0.3, 0.4) is 0 Å². The van der Waals surface area contributed by atoms with Crippen LogP contribution in [0.4, 0.5) is 0 Å². The van der Waals surface area contributed by atoms with Crippen LogP contribution in [-0.4, -0.2) is 20.4 Å². The summed E-state index contributed by atoms with van der Waals surface area (Å²) < 4.78 is 5.50. The Kier molecular flexibility index (Phi) is 2.64. The fourth-order valence-corrected chi connectivity index (χ4v) is 1.73. The second kappa shape index (κ2) is 4.45. The van der Waals surface area contributed by atoms with Crippen molar-refractivity contribution in [3.63, 3.8) is 0 Å². The Hall–Kier alpha value is -2.82. The van der Waals surface area contributed by atoms with Crippen LogP contribution in [0, 0.1) is 0 Å². The van der Waals surface area contributed by atoms with E-state index >= 15 is 0 Å². The third-order valence-electron chi connectivity index (χ3n) is 2.69. The highest BCUT2D eigenvalue weighted by Gasteiger charge is 2.15. The number of benzene rings is 2. The van der Waals surface area contributed by atoms with Crippen molar-refractivity contribution in [2.24, 2.45) is 0 Å². The van der Waals surface area contributed by atoms with Gasteiger partial charge in [0, 0.05) is 5.56 Å². The molecule has 1 heterocycles. The molecule has 0 fully saturated rings. The monoisotopic (exact) mass is 254 g/mol. The second-order valence-electron chi connectivity index (χ2n) is 3.95. The van der Waals surface area contributed by atoms with Crippen LogP contribution in [0.5, 0.6) is 11.5 Å². The maximum absolute atomic E-state index is 9.75. The number of phenolic OH excluding ortho intramolecular Hbond substituents is 2. The van der Waals surface area contributed by atoms with E-state index in [2.05, 4.69) is 10.2 Å².